The molecular formula is C12H13N3O3. The number of aromatic carboxylic acids is 1. The van der Waals surface area contributed by atoms with Gasteiger partial charge in [0, 0.05) is 6.04 Å². The van der Waals surface area contributed by atoms with Gasteiger partial charge in [0.1, 0.15) is 5.69 Å². The number of hydrogen-bond donors (Lipinski definition) is 3. The first-order valence-corrected chi connectivity index (χ1v) is 5.50. The first kappa shape index (κ1) is 12.3. The lowest BCUT2D eigenvalue weighted by Crippen LogP contribution is -2.24. The predicted octanol–water partition coefficient (Wildman–Crippen LogP) is 0.622. The summed E-state index contributed by atoms with van der Waals surface area (Å²) in [6.45, 7) is 0. The highest BCUT2D eigenvalue weighted by molar-refractivity contribution is 5.94. The van der Waals surface area contributed by atoms with E-state index in [0.717, 1.165) is 0 Å². The zero-order chi connectivity index (χ0) is 13.1. The van der Waals surface area contributed by atoms with Gasteiger partial charge in [-0.1, -0.05) is 12.2 Å². The van der Waals surface area contributed by atoms with Gasteiger partial charge in [0.2, 0.25) is 5.91 Å². The Hall–Kier alpha value is -2.21. The van der Waals surface area contributed by atoms with E-state index in [-0.39, 0.29) is 23.6 Å². The SMILES string of the molecule is NC1C=CC(C(=O)Nc2ccc(C(=O)O)nc2)C1. The summed E-state index contributed by atoms with van der Waals surface area (Å²) in [5.74, 6) is -1.50. The number of pyridine rings is 1. The number of carbonyl (C=O) groups excluding carboxylic acids is 1. The Morgan fingerprint density at radius 1 is 1.39 bits per heavy atom. The van der Waals surface area contributed by atoms with Gasteiger partial charge in [0.05, 0.1) is 17.8 Å². The molecule has 2 atom stereocenters. The van der Waals surface area contributed by atoms with Crippen molar-refractivity contribution in [3.05, 3.63) is 36.2 Å². The number of nitrogens with one attached hydrogen (secondary N) is 1. The van der Waals surface area contributed by atoms with Crippen molar-refractivity contribution < 1.29 is 14.7 Å². The molecule has 1 amide bonds. The molecule has 0 aliphatic heterocycles. The summed E-state index contributed by atoms with van der Waals surface area (Å²) < 4.78 is 0. The minimum Gasteiger partial charge on any atom is -0.477 e. The van der Waals surface area contributed by atoms with Crippen molar-refractivity contribution in [3.8, 4) is 0 Å². The van der Waals surface area contributed by atoms with Crippen LogP contribution in [0.25, 0.3) is 0 Å². The van der Waals surface area contributed by atoms with Crippen molar-refractivity contribution in [3.63, 3.8) is 0 Å². The molecule has 0 aromatic carbocycles. The van der Waals surface area contributed by atoms with Crippen molar-refractivity contribution >= 4 is 17.6 Å². The molecule has 0 radical (unpaired) electrons. The summed E-state index contributed by atoms with van der Waals surface area (Å²) in [5, 5.41) is 11.4. The molecule has 2 rings (SSSR count). The summed E-state index contributed by atoms with van der Waals surface area (Å²) in [4.78, 5) is 26.1. The Balaban J connectivity index is 1.99. The highest BCUT2D eigenvalue weighted by atomic mass is 16.4. The number of carboxylic acids is 1. The molecule has 1 aliphatic carbocycles. The third-order valence-corrected chi connectivity index (χ3v) is 2.70. The van der Waals surface area contributed by atoms with Crippen LogP contribution in [0.2, 0.25) is 0 Å². The third-order valence-electron chi connectivity index (χ3n) is 2.70. The number of rotatable bonds is 3. The molecule has 6 nitrogen and oxygen atoms in total. The molecule has 0 bridgehead atoms. The van der Waals surface area contributed by atoms with Gasteiger partial charge in [-0.25, -0.2) is 9.78 Å². The zero-order valence-electron chi connectivity index (χ0n) is 9.54. The highest BCUT2D eigenvalue weighted by Crippen LogP contribution is 2.18. The van der Waals surface area contributed by atoms with Crippen LogP contribution in [-0.4, -0.2) is 28.0 Å². The molecule has 0 fully saturated rings. The zero-order valence-corrected chi connectivity index (χ0v) is 9.54. The summed E-state index contributed by atoms with van der Waals surface area (Å²) in [7, 11) is 0. The van der Waals surface area contributed by atoms with Gasteiger partial charge >= 0.3 is 5.97 Å². The molecule has 0 saturated heterocycles. The fraction of sp³-hybridized carbons (Fsp3) is 0.250. The Kier molecular flexibility index (Phi) is 3.38. The predicted molar refractivity (Wildman–Crippen MR) is 65.0 cm³/mol. The molecule has 1 aliphatic rings. The number of amides is 1. The second-order valence-corrected chi connectivity index (χ2v) is 4.12. The lowest BCUT2D eigenvalue weighted by atomic mass is 10.1. The summed E-state index contributed by atoms with van der Waals surface area (Å²) in [5.41, 5.74) is 6.08. The number of nitrogens with zero attached hydrogens (tertiary/aromatic N) is 1. The summed E-state index contributed by atoms with van der Waals surface area (Å²) >= 11 is 0. The summed E-state index contributed by atoms with van der Waals surface area (Å²) in [6.07, 6.45) is 5.49. The quantitative estimate of drug-likeness (QED) is 0.679. The van der Waals surface area contributed by atoms with Crippen LogP contribution in [0.3, 0.4) is 0 Å². The smallest absolute Gasteiger partial charge is 0.354 e. The van der Waals surface area contributed by atoms with E-state index in [9.17, 15) is 9.59 Å². The molecule has 0 saturated carbocycles. The number of hydrogen-bond acceptors (Lipinski definition) is 4. The average molecular weight is 247 g/mol. The third kappa shape index (κ3) is 2.72. The molecule has 1 heterocycles. The number of anilines is 1. The van der Waals surface area contributed by atoms with Crippen molar-refractivity contribution in [2.45, 2.75) is 12.5 Å². The Morgan fingerprint density at radius 2 is 2.17 bits per heavy atom. The number of aromatic nitrogens is 1. The lowest BCUT2D eigenvalue weighted by molar-refractivity contribution is -0.118. The first-order chi connectivity index (χ1) is 8.56. The van der Waals surface area contributed by atoms with E-state index in [4.69, 9.17) is 10.8 Å². The van der Waals surface area contributed by atoms with Crippen LogP contribution in [0.15, 0.2) is 30.5 Å². The molecule has 6 heteroatoms. The second-order valence-electron chi connectivity index (χ2n) is 4.12. The second kappa shape index (κ2) is 4.97. The van der Waals surface area contributed by atoms with E-state index < -0.39 is 5.97 Å². The van der Waals surface area contributed by atoms with Crippen LogP contribution in [0.1, 0.15) is 16.9 Å². The van der Waals surface area contributed by atoms with Gasteiger partial charge in [-0.3, -0.25) is 4.79 Å². The van der Waals surface area contributed by atoms with Crippen molar-refractivity contribution in [2.75, 3.05) is 5.32 Å². The molecule has 2 unspecified atom stereocenters. The molecule has 94 valence electrons. The Bertz CT molecular complexity index is 496. The van der Waals surface area contributed by atoms with E-state index in [1.807, 2.05) is 0 Å². The Labute approximate surface area is 104 Å². The fourth-order valence-electron chi connectivity index (χ4n) is 1.75. The number of carboxylic acid groups (broad SMARTS) is 1. The Morgan fingerprint density at radius 3 is 2.67 bits per heavy atom. The maximum Gasteiger partial charge on any atom is 0.354 e. The number of carbonyl (C=O) groups is 2. The van der Waals surface area contributed by atoms with Gasteiger partial charge in [-0.15, -0.1) is 0 Å². The van der Waals surface area contributed by atoms with Crippen molar-refractivity contribution in [1.82, 2.24) is 4.98 Å². The highest BCUT2D eigenvalue weighted by Gasteiger charge is 2.22. The van der Waals surface area contributed by atoms with E-state index in [0.29, 0.717) is 12.1 Å². The molecule has 1 aromatic heterocycles. The fourth-order valence-corrected chi connectivity index (χ4v) is 1.75. The van der Waals surface area contributed by atoms with Crippen LogP contribution in [-0.2, 0) is 4.79 Å². The van der Waals surface area contributed by atoms with Crippen LogP contribution in [0.5, 0.6) is 0 Å². The minimum atomic E-state index is -1.10. The van der Waals surface area contributed by atoms with Crippen LogP contribution < -0.4 is 11.1 Å². The number of nitrogens with two attached hydrogens (primary N) is 1. The van der Waals surface area contributed by atoms with Crippen molar-refractivity contribution in [1.29, 1.82) is 0 Å². The summed E-state index contributed by atoms with van der Waals surface area (Å²) in [6, 6.07) is 2.77. The molecule has 1 aromatic rings. The molecule has 0 spiro atoms. The van der Waals surface area contributed by atoms with Crippen LogP contribution in [0.4, 0.5) is 5.69 Å². The first-order valence-electron chi connectivity index (χ1n) is 5.50. The molecule has 18 heavy (non-hydrogen) atoms. The van der Waals surface area contributed by atoms with Gasteiger partial charge in [-0.2, -0.15) is 0 Å². The monoisotopic (exact) mass is 247 g/mol. The molecular weight excluding hydrogens is 234 g/mol. The van der Waals surface area contributed by atoms with Gasteiger partial charge in [-0.05, 0) is 18.6 Å². The minimum absolute atomic E-state index is 0.0595. The van der Waals surface area contributed by atoms with Crippen LogP contribution in [0, 0.1) is 5.92 Å². The lowest BCUT2D eigenvalue weighted by Gasteiger charge is -2.10. The normalized spacial score (nSPS) is 21.8. The van der Waals surface area contributed by atoms with E-state index >= 15 is 0 Å². The van der Waals surface area contributed by atoms with Gasteiger partial charge in [0.25, 0.3) is 0 Å². The van der Waals surface area contributed by atoms with E-state index in [1.165, 1.54) is 18.3 Å². The maximum atomic E-state index is 11.8. The van der Waals surface area contributed by atoms with Crippen molar-refractivity contribution in [2.24, 2.45) is 11.7 Å². The van der Waals surface area contributed by atoms with Gasteiger partial charge in [0.15, 0.2) is 0 Å². The standard InChI is InChI=1S/C12H13N3O3/c13-8-2-1-7(5-8)11(16)15-9-3-4-10(12(17)18)14-6-9/h1-4,6-8H,5,13H2,(H,15,16)(H,17,18). The maximum absolute atomic E-state index is 11.8. The van der Waals surface area contributed by atoms with E-state index in [1.54, 1.807) is 12.2 Å². The topological polar surface area (TPSA) is 105 Å². The largest absolute Gasteiger partial charge is 0.477 e. The molecule has 4 N–H and O–H groups in total. The van der Waals surface area contributed by atoms with Gasteiger partial charge < -0.3 is 16.2 Å². The average Bonchev–Trinajstić information content (AvgIpc) is 2.76. The van der Waals surface area contributed by atoms with Crippen LogP contribution >= 0.6 is 0 Å². The van der Waals surface area contributed by atoms with E-state index in [2.05, 4.69) is 10.3 Å².